The van der Waals surface area contributed by atoms with Gasteiger partial charge in [-0.3, -0.25) is 0 Å². The first-order valence-electron chi connectivity index (χ1n) is 4.84. The quantitative estimate of drug-likeness (QED) is 0.607. The van der Waals surface area contributed by atoms with Crippen molar-refractivity contribution in [2.75, 3.05) is 0 Å². The molecule has 1 fully saturated rings. The van der Waals surface area contributed by atoms with Gasteiger partial charge in [0.25, 0.3) is 0 Å². The van der Waals surface area contributed by atoms with E-state index < -0.39 is 0 Å². The summed E-state index contributed by atoms with van der Waals surface area (Å²) in [6.45, 7) is 6.95. The Bertz CT molecular complexity index is 120. The Kier molecular flexibility index (Phi) is 3.29. The van der Waals surface area contributed by atoms with Gasteiger partial charge in [-0.05, 0) is 24.2 Å². The van der Waals surface area contributed by atoms with Crippen molar-refractivity contribution < 1.29 is 0 Å². The first-order valence-corrected chi connectivity index (χ1v) is 5.36. The molecule has 0 aromatic carbocycles. The number of hydrogen-bond donors (Lipinski definition) is 1. The van der Waals surface area contributed by atoms with Crippen LogP contribution in [-0.4, -0.2) is 5.25 Å². The van der Waals surface area contributed by atoms with E-state index in [0.717, 1.165) is 17.8 Å². The van der Waals surface area contributed by atoms with Gasteiger partial charge >= 0.3 is 0 Å². The summed E-state index contributed by atoms with van der Waals surface area (Å²) in [7, 11) is 0. The summed E-state index contributed by atoms with van der Waals surface area (Å²) < 4.78 is 0. The highest BCUT2D eigenvalue weighted by molar-refractivity contribution is 7.80. The number of thiol groups is 1. The predicted molar refractivity (Wildman–Crippen MR) is 54.1 cm³/mol. The van der Waals surface area contributed by atoms with Crippen LogP contribution in [0.5, 0.6) is 0 Å². The molecule has 11 heavy (non-hydrogen) atoms. The van der Waals surface area contributed by atoms with Gasteiger partial charge in [0, 0.05) is 5.25 Å². The van der Waals surface area contributed by atoms with Crippen LogP contribution in [0.15, 0.2) is 0 Å². The van der Waals surface area contributed by atoms with Crippen molar-refractivity contribution in [2.45, 2.75) is 45.3 Å². The zero-order valence-electron chi connectivity index (χ0n) is 7.88. The molecule has 3 unspecified atom stereocenters. The third-order valence-corrected chi connectivity index (χ3v) is 3.71. The molecule has 0 saturated heterocycles. The van der Waals surface area contributed by atoms with E-state index >= 15 is 0 Å². The Balaban J connectivity index is 2.54. The third-order valence-electron chi connectivity index (χ3n) is 3.33. The molecule has 4 atom stereocenters. The normalized spacial score (nSPS) is 40.9. The molecule has 1 aliphatic carbocycles. The largest absolute Gasteiger partial charge is 0.176 e. The fraction of sp³-hybridized carbons (Fsp3) is 1.00. The van der Waals surface area contributed by atoms with Gasteiger partial charge in [-0.15, -0.1) is 0 Å². The van der Waals surface area contributed by atoms with E-state index in [1.165, 1.54) is 19.3 Å². The minimum absolute atomic E-state index is 0.602. The monoisotopic (exact) mass is 172 g/mol. The lowest BCUT2D eigenvalue weighted by atomic mass is 9.86. The second kappa shape index (κ2) is 3.84. The van der Waals surface area contributed by atoms with Crippen molar-refractivity contribution in [2.24, 2.45) is 17.8 Å². The highest BCUT2D eigenvalue weighted by Gasteiger charge is 2.33. The summed E-state index contributed by atoms with van der Waals surface area (Å²) in [4.78, 5) is 0. The minimum atomic E-state index is 0.602. The maximum absolute atomic E-state index is 4.55. The molecule has 0 heterocycles. The Morgan fingerprint density at radius 3 is 2.45 bits per heavy atom. The highest BCUT2D eigenvalue weighted by atomic mass is 32.1. The maximum atomic E-state index is 4.55. The SMILES string of the molecule is CCC1C(C)CCC1[C@@H](C)S. The first kappa shape index (κ1) is 9.44. The molecule has 1 saturated carbocycles. The van der Waals surface area contributed by atoms with Crippen LogP contribution in [0.4, 0.5) is 0 Å². The highest BCUT2D eigenvalue weighted by Crippen LogP contribution is 2.41. The van der Waals surface area contributed by atoms with Gasteiger partial charge in [0.05, 0.1) is 0 Å². The van der Waals surface area contributed by atoms with Crippen molar-refractivity contribution in [3.8, 4) is 0 Å². The molecule has 0 radical (unpaired) electrons. The third kappa shape index (κ3) is 1.93. The molecule has 1 heteroatoms. The molecule has 0 spiro atoms. The zero-order chi connectivity index (χ0) is 8.43. The second-order valence-corrected chi connectivity index (χ2v) is 4.85. The minimum Gasteiger partial charge on any atom is -0.176 e. The van der Waals surface area contributed by atoms with Crippen molar-refractivity contribution in [1.29, 1.82) is 0 Å². The van der Waals surface area contributed by atoms with Crippen LogP contribution in [0.2, 0.25) is 0 Å². The van der Waals surface area contributed by atoms with E-state index in [0.29, 0.717) is 5.25 Å². The maximum Gasteiger partial charge on any atom is 0.00194 e. The number of rotatable bonds is 2. The standard InChI is InChI=1S/C10H20S/c1-4-9-7(2)5-6-10(9)8(3)11/h7-11H,4-6H2,1-3H3/t7?,8-,9?,10?/m1/s1. The van der Waals surface area contributed by atoms with Gasteiger partial charge in [0.2, 0.25) is 0 Å². The summed E-state index contributed by atoms with van der Waals surface area (Å²) in [6.07, 6.45) is 4.18. The molecule has 0 aromatic rings. The Morgan fingerprint density at radius 2 is 2.09 bits per heavy atom. The Labute approximate surface area is 76.2 Å². The van der Waals surface area contributed by atoms with Crippen molar-refractivity contribution >= 4 is 12.6 Å². The van der Waals surface area contributed by atoms with Crippen LogP contribution in [0, 0.1) is 17.8 Å². The molecule has 1 aliphatic rings. The van der Waals surface area contributed by atoms with Crippen molar-refractivity contribution in [3.05, 3.63) is 0 Å². The average Bonchev–Trinajstić information content (AvgIpc) is 2.30. The van der Waals surface area contributed by atoms with Gasteiger partial charge in [0.15, 0.2) is 0 Å². The smallest absolute Gasteiger partial charge is 0.00194 e. The van der Waals surface area contributed by atoms with Gasteiger partial charge in [-0.25, -0.2) is 0 Å². The van der Waals surface area contributed by atoms with E-state index in [2.05, 4.69) is 33.4 Å². The van der Waals surface area contributed by atoms with Crippen LogP contribution < -0.4 is 0 Å². The molecule has 0 N–H and O–H groups in total. The molecule has 0 aromatic heterocycles. The van der Waals surface area contributed by atoms with Crippen LogP contribution in [0.25, 0.3) is 0 Å². The van der Waals surface area contributed by atoms with E-state index in [4.69, 9.17) is 0 Å². The zero-order valence-corrected chi connectivity index (χ0v) is 8.77. The average molecular weight is 172 g/mol. The lowest BCUT2D eigenvalue weighted by Gasteiger charge is -2.23. The molecular weight excluding hydrogens is 152 g/mol. The fourth-order valence-electron chi connectivity index (χ4n) is 2.61. The van der Waals surface area contributed by atoms with Gasteiger partial charge in [0.1, 0.15) is 0 Å². The molecule has 0 nitrogen and oxygen atoms in total. The predicted octanol–water partition coefficient (Wildman–Crippen LogP) is 3.38. The first-order chi connectivity index (χ1) is 5.16. The van der Waals surface area contributed by atoms with E-state index in [1.54, 1.807) is 0 Å². The molecule has 66 valence electrons. The van der Waals surface area contributed by atoms with Crippen molar-refractivity contribution in [3.63, 3.8) is 0 Å². The second-order valence-electron chi connectivity index (χ2n) is 4.03. The molecular formula is C10H20S. The van der Waals surface area contributed by atoms with E-state index in [-0.39, 0.29) is 0 Å². The van der Waals surface area contributed by atoms with Crippen LogP contribution in [-0.2, 0) is 0 Å². The van der Waals surface area contributed by atoms with Gasteiger partial charge < -0.3 is 0 Å². The van der Waals surface area contributed by atoms with Crippen LogP contribution in [0.3, 0.4) is 0 Å². The summed E-state index contributed by atoms with van der Waals surface area (Å²) in [5.41, 5.74) is 0. The number of hydrogen-bond acceptors (Lipinski definition) is 1. The Morgan fingerprint density at radius 1 is 1.45 bits per heavy atom. The lowest BCUT2D eigenvalue weighted by molar-refractivity contribution is 0.316. The fourth-order valence-corrected chi connectivity index (χ4v) is 2.98. The van der Waals surface area contributed by atoms with Crippen LogP contribution >= 0.6 is 12.6 Å². The van der Waals surface area contributed by atoms with E-state index in [1.807, 2.05) is 0 Å². The van der Waals surface area contributed by atoms with Crippen LogP contribution in [0.1, 0.15) is 40.0 Å². The topological polar surface area (TPSA) is 0 Å². The molecule has 1 rings (SSSR count). The Hall–Kier alpha value is 0.350. The van der Waals surface area contributed by atoms with Crippen molar-refractivity contribution in [1.82, 2.24) is 0 Å². The summed E-state index contributed by atoms with van der Waals surface area (Å²) in [5, 5.41) is 0.602. The molecule has 0 amide bonds. The van der Waals surface area contributed by atoms with Gasteiger partial charge in [-0.1, -0.05) is 33.6 Å². The van der Waals surface area contributed by atoms with Gasteiger partial charge in [-0.2, -0.15) is 12.6 Å². The summed E-state index contributed by atoms with van der Waals surface area (Å²) in [6, 6.07) is 0. The summed E-state index contributed by atoms with van der Waals surface area (Å²) in [5.74, 6) is 2.78. The van der Waals surface area contributed by atoms with E-state index in [9.17, 15) is 0 Å². The lowest BCUT2D eigenvalue weighted by Crippen LogP contribution is -2.19. The summed E-state index contributed by atoms with van der Waals surface area (Å²) >= 11 is 4.55. The molecule has 0 bridgehead atoms. The molecule has 0 aliphatic heterocycles.